The zero-order valence-corrected chi connectivity index (χ0v) is 15.6. The van der Waals surface area contributed by atoms with Crippen LogP contribution in [0.4, 0.5) is 5.69 Å². The molecule has 0 aliphatic heterocycles. The highest BCUT2D eigenvalue weighted by atomic mass is 16.5. The van der Waals surface area contributed by atoms with Crippen LogP contribution in [0.2, 0.25) is 0 Å². The van der Waals surface area contributed by atoms with E-state index in [-0.39, 0.29) is 22.7 Å². The number of carbonyl (C=O) groups is 3. The Kier molecular flexibility index (Phi) is 6.03. The van der Waals surface area contributed by atoms with Crippen molar-refractivity contribution in [2.75, 3.05) is 18.5 Å². The summed E-state index contributed by atoms with van der Waals surface area (Å²) in [6.07, 6.45) is 0. The highest BCUT2D eigenvalue weighted by Gasteiger charge is 2.16. The van der Waals surface area contributed by atoms with Gasteiger partial charge in [0.1, 0.15) is 5.58 Å². The van der Waals surface area contributed by atoms with Crippen LogP contribution < -0.4 is 16.1 Å². The molecule has 3 aromatic rings. The summed E-state index contributed by atoms with van der Waals surface area (Å²) in [5.74, 6) is -2.09. The number of hydrogen-bond acceptors (Lipinski definition) is 6. The lowest BCUT2D eigenvalue weighted by Crippen LogP contribution is -2.23. The van der Waals surface area contributed by atoms with Crippen molar-refractivity contribution >= 4 is 34.4 Å². The Morgan fingerprint density at radius 2 is 1.83 bits per heavy atom. The number of fused-ring (bicyclic) bond motifs is 1. The fraction of sp³-hybridized carbons (Fsp3) is 0.143. The number of ether oxygens (including phenoxy) is 1. The minimum Gasteiger partial charge on any atom is -0.450 e. The van der Waals surface area contributed by atoms with Gasteiger partial charge in [-0.2, -0.15) is 0 Å². The van der Waals surface area contributed by atoms with E-state index in [1.165, 1.54) is 6.07 Å². The topological polar surface area (TPSA) is 115 Å². The molecule has 29 heavy (non-hydrogen) atoms. The maximum absolute atomic E-state index is 12.1. The minimum absolute atomic E-state index is 0.249. The third kappa shape index (κ3) is 4.86. The van der Waals surface area contributed by atoms with Crippen LogP contribution in [0.1, 0.15) is 27.8 Å². The Bertz CT molecular complexity index is 1140. The van der Waals surface area contributed by atoms with Crippen molar-refractivity contribution < 1.29 is 23.5 Å². The lowest BCUT2D eigenvalue weighted by Gasteiger charge is -2.08. The van der Waals surface area contributed by atoms with E-state index in [4.69, 9.17) is 9.15 Å². The van der Waals surface area contributed by atoms with Crippen LogP contribution in [0, 0.1) is 0 Å². The monoisotopic (exact) mass is 394 g/mol. The Hall–Kier alpha value is -3.94. The predicted octanol–water partition coefficient (Wildman–Crippen LogP) is 2.34. The molecule has 2 aromatic carbocycles. The van der Waals surface area contributed by atoms with Gasteiger partial charge >= 0.3 is 5.97 Å². The molecule has 8 heteroatoms. The molecule has 0 aliphatic carbocycles. The number of para-hydroxylation sites is 1. The van der Waals surface area contributed by atoms with E-state index in [0.29, 0.717) is 23.2 Å². The van der Waals surface area contributed by atoms with Gasteiger partial charge in [0.2, 0.25) is 5.76 Å². The fourth-order valence-electron chi connectivity index (χ4n) is 2.60. The highest BCUT2D eigenvalue weighted by molar-refractivity contribution is 5.98. The molecule has 0 unspecified atom stereocenters. The Balaban J connectivity index is 1.62. The summed E-state index contributed by atoms with van der Waals surface area (Å²) in [4.78, 5) is 48.1. The van der Waals surface area contributed by atoms with Crippen molar-refractivity contribution in [3.8, 4) is 0 Å². The number of nitrogens with one attached hydrogen (secondary N) is 2. The maximum Gasteiger partial charge on any atom is 0.374 e. The van der Waals surface area contributed by atoms with Crippen LogP contribution in [0.15, 0.2) is 63.8 Å². The van der Waals surface area contributed by atoms with E-state index >= 15 is 0 Å². The molecule has 0 bridgehead atoms. The summed E-state index contributed by atoms with van der Waals surface area (Å²) in [6, 6.07) is 13.9. The number of hydrogen-bond donors (Lipinski definition) is 2. The normalized spacial score (nSPS) is 10.4. The van der Waals surface area contributed by atoms with Gasteiger partial charge in [0.15, 0.2) is 12.0 Å². The van der Waals surface area contributed by atoms with Gasteiger partial charge in [-0.05, 0) is 37.3 Å². The summed E-state index contributed by atoms with van der Waals surface area (Å²) in [5.41, 5.74) is 0.635. The van der Waals surface area contributed by atoms with Crippen molar-refractivity contribution in [3.63, 3.8) is 0 Å². The number of anilines is 1. The van der Waals surface area contributed by atoms with Crippen molar-refractivity contribution in [3.05, 3.63) is 76.1 Å². The maximum atomic E-state index is 12.1. The van der Waals surface area contributed by atoms with Crippen LogP contribution in [-0.4, -0.2) is 30.9 Å². The summed E-state index contributed by atoms with van der Waals surface area (Å²) < 4.78 is 10.3. The van der Waals surface area contributed by atoms with Crippen LogP contribution in [-0.2, 0) is 9.53 Å². The van der Waals surface area contributed by atoms with Gasteiger partial charge < -0.3 is 19.8 Å². The van der Waals surface area contributed by atoms with Crippen molar-refractivity contribution in [1.29, 1.82) is 0 Å². The minimum atomic E-state index is -0.931. The largest absolute Gasteiger partial charge is 0.450 e. The Labute approximate surface area is 165 Å². The zero-order chi connectivity index (χ0) is 20.8. The van der Waals surface area contributed by atoms with Gasteiger partial charge in [-0.25, -0.2) is 4.79 Å². The number of benzene rings is 2. The van der Waals surface area contributed by atoms with Gasteiger partial charge in [-0.3, -0.25) is 14.4 Å². The number of amides is 2. The second kappa shape index (κ2) is 8.83. The highest BCUT2D eigenvalue weighted by Crippen LogP contribution is 2.13. The molecule has 148 valence electrons. The second-order valence-electron chi connectivity index (χ2n) is 6.04. The average Bonchev–Trinajstić information content (AvgIpc) is 2.72. The molecule has 8 nitrogen and oxygen atoms in total. The molecule has 0 saturated carbocycles. The van der Waals surface area contributed by atoms with Crippen molar-refractivity contribution in [2.24, 2.45) is 0 Å². The van der Waals surface area contributed by atoms with Gasteiger partial charge in [0.25, 0.3) is 11.8 Å². The Morgan fingerprint density at radius 3 is 2.62 bits per heavy atom. The third-order valence-corrected chi connectivity index (χ3v) is 3.92. The van der Waals surface area contributed by atoms with Gasteiger partial charge in [0, 0.05) is 23.9 Å². The summed E-state index contributed by atoms with van der Waals surface area (Å²) >= 11 is 0. The van der Waals surface area contributed by atoms with Gasteiger partial charge in [-0.15, -0.1) is 0 Å². The van der Waals surface area contributed by atoms with E-state index in [2.05, 4.69) is 10.6 Å². The molecule has 0 spiro atoms. The Morgan fingerprint density at radius 1 is 1.03 bits per heavy atom. The molecule has 2 N–H and O–H groups in total. The molecule has 0 aliphatic rings. The summed E-state index contributed by atoms with van der Waals surface area (Å²) in [5, 5.41) is 5.54. The standard InChI is InChI=1S/C21H18N2O6/c1-2-22-20(26)13-6-5-7-14(10-13)23-19(25)12-28-21(27)18-11-16(24)15-8-3-4-9-17(15)29-18/h3-11H,2,12H2,1H3,(H,22,26)(H,23,25). The van der Waals surface area contributed by atoms with E-state index in [0.717, 1.165) is 6.07 Å². The zero-order valence-electron chi connectivity index (χ0n) is 15.6. The van der Waals surface area contributed by atoms with E-state index in [1.807, 2.05) is 0 Å². The smallest absolute Gasteiger partial charge is 0.374 e. The quantitative estimate of drug-likeness (QED) is 0.620. The number of rotatable bonds is 6. The predicted molar refractivity (Wildman–Crippen MR) is 106 cm³/mol. The average molecular weight is 394 g/mol. The molecular weight excluding hydrogens is 376 g/mol. The van der Waals surface area contributed by atoms with Crippen LogP contribution >= 0.6 is 0 Å². The first-order valence-electron chi connectivity index (χ1n) is 8.86. The van der Waals surface area contributed by atoms with Crippen LogP contribution in [0.3, 0.4) is 0 Å². The molecular formula is C21H18N2O6. The van der Waals surface area contributed by atoms with E-state index in [9.17, 15) is 19.2 Å². The van der Waals surface area contributed by atoms with Crippen LogP contribution in [0.5, 0.6) is 0 Å². The van der Waals surface area contributed by atoms with Gasteiger partial charge in [-0.1, -0.05) is 18.2 Å². The first-order chi connectivity index (χ1) is 14.0. The van der Waals surface area contributed by atoms with Crippen LogP contribution in [0.25, 0.3) is 11.0 Å². The lowest BCUT2D eigenvalue weighted by molar-refractivity contribution is -0.119. The van der Waals surface area contributed by atoms with E-state index < -0.39 is 18.5 Å². The number of carbonyl (C=O) groups excluding carboxylic acids is 3. The lowest BCUT2D eigenvalue weighted by atomic mass is 10.2. The first kappa shape index (κ1) is 19.8. The second-order valence-corrected chi connectivity index (χ2v) is 6.04. The van der Waals surface area contributed by atoms with Crippen molar-refractivity contribution in [1.82, 2.24) is 5.32 Å². The molecule has 1 heterocycles. The SMILES string of the molecule is CCNC(=O)c1cccc(NC(=O)COC(=O)c2cc(=O)c3ccccc3o2)c1. The summed E-state index contributed by atoms with van der Waals surface area (Å²) in [6.45, 7) is 1.70. The molecule has 3 rings (SSSR count). The van der Waals surface area contributed by atoms with Gasteiger partial charge in [0.05, 0.1) is 5.39 Å². The molecule has 0 atom stereocenters. The fourth-order valence-corrected chi connectivity index (χ4v) is 2.60. The van der Waals surface area contributed by atoms with Crippen molar-refractivity contribution in [2.45, 2.75) is 6.92 Å². The third-order valence-electron chi connectivity index (χ3n) is 3.92. The molecule has 1 aromatic heterocycles. The molecule has 0 radical (unpaired) electrons. The molecule has 2 amide bonds. The van der Waals surface area contributed by atoms with E-state index in [1.54, 1.807) is 49.4 Å². The molecule has 0 saturated heterocycles. The molecule has 0 fully saturated rings. The number of esters is 1. The summed E-state index contributed by atoms with van der Waals surface area (Å²) in [7, 11) is 0. The first-order valence-corrected chi connectivity index (χ1v) is 8.86.